The summed E-state index contributed by atoms with van der Waals surface area (Å²) in [7, 11) is 0. The molecule has 5 heteroatoms. The number of nitrogens with zero attached hydrogens (tertiary/aromatic N) is 2. The Labute approximate surface area is 157 Å². The van der Waals surface area contributed by atoms with Crippen molar-refractivity contribution in [3.8, 4) is 0 Å². The van der Waals surface area contributed by atoms with Crippen LogP contribution in [0.4, 0.5) is 0 Å². The van der Waals surface area contributed by atoms with Gasteiger partial charge in [-0.05, 0) is 50.7 Å². The predicted octanol–water partition coefficient (Wildman–Crippen LogP) is 2.10. The van der Waals surface area contributed by atoms with Crippen LogP contribution in [-0.4, -0.2) is 54.2 Å². The first kappa shape index (κ1) is 19.2. The first-order valence-electron chi connectivity index (χ1n) is 10.0. The molecule has 1 aliphatic carbocycles. The van der Waals surface area contributed by atoms with E-state index < -0.39 is 5.60 Å². The minimum absolute atomic E-state index is 0.390. The fraction of sp³-hybridized carbons (Fsp3) is 0.667. The summed E-state index contributed by atoms with van der Waals surface area (Å²) >= 11 is 0. The molecule has 1 saturated heterocycles. The molecule has 1 aromatic carbocycles. The maximum absolute atomic E-state index is 11.1. The van der Waals surface area contributed by atoms with Crippen LogP contribution in [0.5, 0.6) is 0 Å². The number of nitrogens with one attached hydrogen (secondary N) is 2. The van der Waals surface area contributed by atoms with Crippen LogP contribution in [0.1, 0.15) is 45.2 Å². The molecule has 0 aromatic heterocycles. The van der Waals surface area contributed by atoms with Gasteiger partial charge in [0.2, 0.25) is 0 Å². The zero-order valence-corrected chi connectivity index (χ0v) is 16.6. The topological polar surface area (TPSA) is 59.9 Å². The van der Waals surface area contributed by atoms with Crippen molar-refractivity contribution in [1.82, 2.24) is 15.5 Å². The van der Waals surface area contributed by atoms with Crippen LogP contribution in [-0.2, 0) is 12.0 Å². The second kappa shape index (κ2) is 7.97. The Balaban J connectivity index is 1.68. The Kier molecular flexibility index (Phi) is 5.88. The molecule has 5 nitrogen and oxygen atoms in total. The fourth-order valence-corrected chi connectivity index (χ4v) is 4.15. The van der Waals surface area contributed by atoms with E-state index >= 15 is 0 Å². The van der Waals surface area contributed by atoms with Gasteiger partial charge in [0.15, 0.2) is 5.96 Å². The first-order valence-corrected chi connectivity index (χ1v) is 10.0. The fourth-order valence-electron chi connectivity index (χ4n) is 4.15. The van der Waals surface area contributed by atoms with Gasteiger partial charge in [0.25, 0.3) is 0 Å². The van der Waals surface area contributed by atoms with Gasteiger partial charge in [0.1, 0.15) is 5.60 Å². The second-order valence-electron chi connectivity index (χ2n) is 8.16. The number of rotatable bonds is 5. The van der Waals surface area contributed by atoms with Crippen LogP contribution < -0.4 is 10.6 Å². The summed E-state index contributed by atoms with van der Waals surface area (Å²) in [6, 6.07) is 9.16. The summed E-state index contributed by atoms with van der Waals surface area (Å²) in [6.45, 7) is 12.2. The molecule has 1 aromatic rings. The third-order valence-electron chi connectivity index (χ3n) is 5.86. The molecule has 3 unspecified atom stereocenters. The van der Waals surface area contributed by atoms with Gasteiger partial charge in [-0.15, -0.1) is 0 Å². The normalized spacial score (nSPS) is 29.2. The van der Waals surface area contributed by atoms with E-state index in [1.165, 1.54) is 5.56 Å². The van der Waals surface area contributed by atoms with Crippen molar-refractivity contribution < 1.29 is 5.11 Å². The van der Waals surface area contributed by atoms with Gasteiger partial charge in [-0.1, -0.05) is 31.2 Å². The van der Waals surface area contributed by atoms with E-state index in [9.17, 15) is 5.11 Å². The molecule has 2 aliphatic rings. The summed E-state index contributed by atoms with van der Waals surface area (Å²) in [5.41, 5.74) is 1.45. The number of guanidine groups is 1. The minimum Gasteiger partial charge on any atom is -0.383 e. The van der Waals surface area contributed by atoms with Crippen LogP contribution in [0, 0.1) is 5.92 Å². The van der Waals surface area contributed by atoms with Crippen molar-refractivity contribution >= 4 is 5.96 Å². The molecule has 1 heterocycles. The van der Waals surface area contributed by atoms with Gasteiger partial charge in [0, 0.05) is 31.7 Å². The Hall–Kier alpha value is -1.59. The number of likely N-dealkylation sites (tertiary alicyclic amines) is 1. The average Bonchev–Trinajstić information content (AvgIpc) is 3.15. The highest BCUT2D eigenvalue weighted by Crippen LogP contribution is 2.36. The van der Waals surface area contributed by atoms with E-state index in [-0.39, 0.29) is 0 Å². The van der Waals surface area contributed by atoms with E-state index in [1.807, 2.05) is 18.2 Å². The van der Waals surface area contributed by atoms with Crippen molar-refractivity contribution in [1.29, 1.82) is 0 Å². The molecule has 1 fully saturated rings. The zero-order chi connectivity index (χ0) is 18.7. The second-order valence-corrected chi connectivity index (χ2v) is 8.16. The van der Waals surface area contributed by atoms with Crippen LogP contribution >= 0.6 is 0 Å². The van der Waals surface area contributed by atoms with Crippen molar-refractivity contribution in [3.05, 3.63) is 35.4 Å². The summed E-state index contributed by atoms with van der Waals surface area (Å²) in [5.74, 6) is 1.39. The van der Waals surface area contributed by atoms with Crippen LogP contribution in [0.2, 0.25) is 0 Å². The summed E-state index contributed by atoms with van der Waals surface area (Å²) in [6.07, 6.45) is 1.67. The maximum atomic E-state index is 11.1. The van der Waals surface area contributed by atoms with E-state index in [2.05, 4.69) is 49.3 Å². The lowest BCUT2D eigenvalue weighted by atomic mass is 9.96. The number of aliphatic imine (C=N–C) groups is 1. The SMILES string of the molecule is CCNC(=NCC1(O)CCc2ccccc21)NC1CN(C(C)C)CC1C. The highest BCUT2D eigenvalue weighted by molar-refractivity contribution is 5.80. The lowest BCUT2D eigenvalue weighted by molar-refractivity contribution is 0.0485. The Bertz CT molecular complexity index is 645. The lowest BCUT2D eigenvalue weighted by Crippen LogP contribution is -2.47. The van der Waals surface area contributed by atoms with Gasteiger partial charge < -0.3 is 15.7 Å². The molecular weight excluding hydrogens is 324 g/mol. The van der Waals surface area contributed by atoms with Crippen LogP contribution in [0.25, 0.3) is 0 Å². The molecular formula is C21H34N4O. The number of aryl methyl sites for hydroxylation is 1. The molecule has 0 saturated carbocycles. The predicted molar refractivity (Wildman–Crippen MR) is 107 cm³/mol. The van der Waals surface area contributed by atoms with E-state index in [0.29, 0.717) is 24.5 Å². The molecule has 0 radical (unpaired) electrons. The summed E-state index contributed by atoms with van der Waals surface area (Å²) < 4.78 is 0. The lowest BCUT2D eigenvalue weighted by Gasteiger charge is -2.25. The van der Waals surface area contributed by atoms with Crippen LogP contribution in [0.15, 0.2) is 29.3 Å². The smallest absolute Gasteiger partial charge is 0.191 e. The van der Waals surface area contributed by atoms with Gasteiger partial charge in [-0.3, -0.25) is 4.90 Å². The average molecular weight is 359 g/mol. The molecule has 26 heavy (non-hydrogen) atoms. The Morgan fingerprint density at radius 3 is 2.81 bits per heavy atom. The molecule has 3 atom stereocenters. The standard InChI is InChI=1S/C21H34N4O/c1-5-22-20(24-19-13-25(15(2)3)12-16(19)4)23-14-21(26)11-10-17-8-6-7-9-18(17)21/h6-9,15-16,19,26H,5,10-14H2,1-4H3,(H2,22,23,24). The molecule has 0 bridgehead atoms. The highest BCUT2D eigenvalue weighted by Gasteiger charge is 2.36. The molecule has 3 N–H and O–H groups in total. The highest BCUT2D eigenvalue weighted by atomic mass is 16.3. The number of aliphatic hydroxyl groups is 1. The molecule has 1 aliphatic heterocycles. The van der Waals surface area contributed by atoms with Gasteiger partial charge in [-0.2, -0.15) is 0 Å². The quantitative estimate of drug-likeness (QED) is 0.557. The summed E-state index contributed by atoms with van der Waals surface area (Å²) in [4.78, 5) is 7.27. The largest absolute Gasteiger partial charge is 0.383 e. The maximum Gasteiger partial charge on any atom is 0.191 e. The third kappa shape index (κ3) is 4.04. The number of benzene rings is 1. The Morgan fingerprint density at radius 1 is 1.35 bits per heavy atom. The van der Waals surface area contributed by atoms with Gasteiger partial charge >= 0.3 is 0 Å². The number of fused-ring (bicyclic) bond motifs is 1. The Morgan fingerprint density at radius 2 is 2.12 bits per heavy atom. The van der Waals surface area contributed by atoms with E-state index in [1.54, 1.807) is 0 Å². The van der Waals surface area contributed by atoms with Gasteiger partial charge in [0.05, 0.1) is 6.54 Å². The molecule has 0 spiro atoms. The van der Waals surface area contributed by atoms with Crippen molar-refractivity contribution in [2.75, 3.05) is 26.2 Å². The van der Waals surface area contributed by atoms with E-state index in [4.69, 9.17) is 4.99 Å². The molecule has 144 valence electrons. The zero-order valence-electron chi connectivity index (χ0n) is 16.6. The van der Waals surface area contributed by atoms with Crippen molar-refractivity contribution in [2.45, 2.75) is 58.2 Å². The third-order valence-corrected chi connectivity index (χ3v) is 5.86. The number of hydrogen-bond acceptors (Lipinski definition) is 3. The van der Waals surface area contributed by atoms with Crippen molar-refractivity contribution in [2.24, 2.45) is 10.9 Å². The number of hydrogen-bond donors (Lipinski definition) is 3. The van der Waals surface area contributed by atoms with E-state index in [0.717, 1.165) is 44.0 Å². The van der Waals surface area contributed by atoms with Crippen LogP contribution in [0.3, 0.4) is 0 Å². The van der Waals surface area contributed by atoms with Gasteiger partial charge in [-0.25, -0.2) is 4.99 Å². The molecule has 3 rings (SSSR count). The minimum atomic E-state index is -0.843. The van der Waals surface area contributed by atoms with Crippen molar-refractivity contribution in [3.63, 3.8) is 0 Å². The monoisotopic (exact) mass is 358 g/mol. The molecule has 0 amide bonds. The summed E-state index contributed by atoms with van der Waals surface area (Å²) in [5, 5.41) is 18.1. The first-order chi connectivity index (χ1) is 12.4.